The smallest absolute Gasteiger partial charge is 0.401 e. The number of piperazine rings is 1. The van der Waals surface area contributed by atoms with E-state index in [2.05, 4.69) is 37.2 Å². The Bertz CT molecular complexity index is 1720. The zero-order valence-electron chi connectivity index (χ0n) is 25.5. The van der Waals surface area contributed by atoms with E-state index in [1.54, 1.807) is 25.3 Å². The van der Waals surface area contributed by atoms with Crippen LogP contribution >= 0.6 is 0 Å². The fourth-order valence-corrected chi connectivity index (χ4v) is 5.61. The van der Waals surface area contributed by atoms with E-state index in [0.29, 0.717) is 40.4 Å². The van der Waals surface area contributed by atoms with E-state index in [-0.39, 0.29) is 36.4 Å². The fourth-order valence-electron chi connectivity index (χ4n) is 5.61. The van der Waals surface area contributed by atoms with Crippen molar-refractivity contribution in [2.45, 2.75) is 37.8 Å². The van der Waals surface area contributed by atoms with E-state index in [0.717, 1.165) is 45.3 Å². The van der Waals surface area contributed by atoms with Crippen molar-refractivity contribution in [1.82, 2.24) is 24.9 Å². The van der Waals surface area contributed by atoms with Gasteiger partial charge in [0.2, 0.25) is 5.91 Å². The van der Waals surface area contributed by atoms with Crippen LogP contribution in [0.15, 0.2) is 47.1 Å². The molecule has 4 aromatic rings. The molecule has 0 spiro atoms. The molecule has 0 unspecified atom stereocenters. The molecule has 1 amide bonds. The third kappa shape index (κ3) is 6.63. The molecule has 1 N–H and O–H groups in total. The van der Waals surface area contributed by atoms with Crippen molar-refractivity contribution in [3.05, 3.63) is 59.7 Å². The van der Waals surface area contributed by atoms with Gasteiger partial charge in [-0.05, 0) is 31.0 Å². The molecule has 0 radical (unpaired) electrons. The molecule has 46 heavy (non-hydrogen) atoms. The van der Waals surface area contributed by atoms with Gasteiger partial charge in [0, 0.05) is 56.5 Å². The minimum absolute atomic E-state index is 0.0865. The van der Waals surface area contributed by atoms with Gasteiger partial charge < -0.3 is 24.2 Å². The van der Waals surface area contributed by atoms with E-state index >= 15 is 4.39 Å². The standard InChI is InChI=1S/C32H34F4N6O4/c1-3-41-8-10-42(11-9-41)12-13-45-27-16-23-24(17-26(27)44-2)38-25(19-37-23)21-5-4-20(22(33)14-21)15-30(43)39-29-18-28(46-40-29)31(6-7-31)32(34,35)36/h4-5,14,16-19H,3,6-13,15H2,1-2H3,(H,39,40,43). The summed E-state index contributed by atoms with van der Waals surface area (Å²) in [5.41, 5.74) is 0.0145. The number of likely N-dealkylation sites (N-methyl/N-ethyl adjacent to an activating group) is 1. The number of fused-ring (bicyclic) bond motifs is 1. The first-order valence-corrected chi connectivity index (χ1v) is 15.1. The second kappa shape index (κ2) is 12.8. The number of hydrogen-bond donors (Lipinski definition) is 1. The molecule has 3 heterocycles. The Morgan fingerprint density at radius 2 is 1.78 bits per heavy atom. The van der Waals surface area contributed by atoms with E-state index in [1.165, 1.54) is 18.3 Å². The molecular formula is C32H34F4N6O4. The second-order valence-electron chi connectivity index (χ2n) is 11.6. The molecule has 1 saturated carbocycles. The molecule has 14 heteroatoms. The number of amides is 1. The predicted octanol–water partition coefficient (Wildman–Crippen LogP) is 5.22. The largest absolute Gasteiger partial charge is 0.493 e. The summed E-state index contributed by atoms with van der Waals surface area (Å²) < 4.78 is 71.6. The molecule has 1 aliphatic heterocycles. The van der Waals surface area contributed by atoms with Crippen LogP contribution < -0.4 is 14.8 Å². The summed E-state index contributed by atoms with van der Waals surface area (Å²) in [5, 5.41) is 5.92. The number of rotatable bonds is 11. The topological polar surface area (TPSA) is 106 Å². The van der Waals surface area contributed by atoms with Gasteiger partial charge in [0.25, 0.3) is 0 Å². The Hall–Kier alpha value is -4.30. The van der Waals surface area contributed by atoms with Gasteiger partial charge in [-0.2, -0.15) is 13.2 Å². The SMILES string of the molecule is CCN1CCN(CCOc2cc3ncc(-c4ccc(CC(=O)Nc5cc(C6(C(F)(F)F)CC6)on5)c(F)c4)nc3cc2OC)CC1. The number of nitrogens with zero attached hydrogens (tertiary/aromatic N) is 5. The lowest BCUT2D eigenvalue weighted by Crippen LogP contribution is -2.47. The van der Waals surface area contributed by atoms with Crippen molar-refractivity contribution < 1.29 is 36.4 Å². The number of methoxy groups -OCH3 is 1. The summed E-state index contributed by atoms with van der Waals surface area (Å²) >= 11 is 0. The maximum Gasteiger partial charge on any atom is 0.401 e. The zero-order chi connectivity index (χ0) is 32.5. The first kappa shape index (κ1) is 31.7. The number of alkyl halides is 3. The first-order chi connectivity index (χ1) is 22.1. The molecular weight excluding hydrogens is 608 g/mol. The van der Waals surface area contributed by atoms with E-state index in [4.69, 9.17) is 14.0 Å². The van der Waals surface area contributed by atoms with Gasteiger partial charge in [-0.15, -0.1) is 0 Å². The predicted molar refractivity (Wildman–Crippen MR) is 161 cm³/mol. The van der Waals surface area contributed by atoms with Crippen LogP contribution in [-0.2, 0) is 16.6 Å². The quantitative estimate of drug-likeness (QED) is 0.221. The molecule has 2 aromatic heterocycles. The summed E-state index contributed by atoms with van der Waals surface area (Å²) in [4.78, 5) is 26.5. The zero-order valence-corrected chi connectivity index (χ0v) is 25.5. The molecule has 2 fully saturated rings. The molecule has 244 valence electrons. The number of anilines is 1. The molecule has 1 aliphatic carbocycles. The molecule has 1 saturated heterocycles. The van der Waals surface area contributed by atoms with Crippen molar-refractivity contribution in [1.29, 1.82) is 0 Å². The molecule has 2 aromatic carbocycles. The number of halogens is 4. The highest BCUT2D eigenvalue weighted by Gasteiger charge is 2.66. The fraction of sp³-hybridized carbons (Fsp3) is 0.438. The Balaban J connectivity index is 1.09. The van der Waals surface area contributed by atoms with Crippen LogP contribution in [0.5, 0.6) is 11.5 Å². The second-order valence-corrected chi connectivity index (χ2v) is 11.6. The number of benzene rings is 2. The Kier molecular flexibility index (Phi) is 8.84. The molecule has 10 nitrogen and oxygen atoms in total. The van der Waals surface area contributed by atoms with Crippen molar-refractivity contribution in [2.24, 2.45) is 0 Å². The van der Waals surface area contributed by atoms with Gasteiger partial charge >= 0.3 is 6.18 Å². The third-order valence-corrected chi connectivity index (χ3v) is 8.65. The van der Waals surface area contributed by atoms with Crippen molar-refractivity contribution in [3.8, 4) is 22.8 Å². The summed E-state index contributed by atoms with van der Waals surface area (Å²) in [7, 11) is 1.55. The molecule has 6 rings (SSSR count). The maximum absolute atomic E-state index is 15.1. The van der Waals surface area contributed by atoms with Crippen LogP contribution in [0.4, 0.5) is 23.4 Å². The average molecular weight is 643 g/mol. The van der Waals surface area contributed by atoms with Gasteiger partial charge in [-0.1, -0.05) is 24.2 Å². The van der Waals surface area contributed by atoms with Gasteiger partial charge in [0.15, 0.2) is 23.1 Å². The van der Waals surface area contributed by atoms with E-state index in [1.807, 2.05) is 0 Å². The van der Waals surface area contributed by atoms with Crippen molar-refractivity contribution >= 4 is 22.8 Å². The summed E-state index contributed by atoms with van der Waals surface area (Å²) in [6, 6.07) is 8.88. The highest BCUT2D eigenvalue weighted by molar-refractivity contribution is 5.91. The lowest BCUT2D eigenvalue weighted by atomic mass is 10.0. The number of carbonyl (C=O) groups excluding carboxylic acids is 1. The maximum atomic E-state index is 15.1. The van der Waals surface area contributed by atoms with Crippen LogP contribution in [0, 0.1) is 5.82 Å². The monoisotopic (exact) mass is 642 g/mol. The number of nitrogens with one attached hydrogen (secondary N) is 1. The number of aromatic nitrogens is 3. The van der Waals surface area contributed by atoms with E-state index < -0.39 is 23.3 Å². The number of carbonyl (C=O) groups is 1. The van der Waals surface area contributed by atoms with Crippen LogP contribution in [0.1, 0.15) is 31.1 Å². The Labute approximate surface area is 262 Å². The average Bonchev–Trinajstić information content (AvgIpc) is 3.75. The van der Waals surface area contributed by atoms with Crippen molar-refractivity contribution in [3.63, 3.8) is 0 Å². The highest BCUT2D eigenvalue weighted by Crippen LogP contribution is 2.59. The third-order valence-electron chi connectivity index (χ3n) is 8.65. The van der Waals surface area contributed by atoms with Crippen LogP contribution in [0.3, 0.4) is 0 Å². The minimum Gasteiger partial charge on any atom is -0.493 e. The minimum atomic E-state index is -4.47. The van der Waals surface area contributed by atoms with Gasteiger partial charge in [-0.3, -0.25) is 14.7 Å². The Morgan fingerprint density at radius 3 is 2.46 bits per heavy atom. The van der Waals surface area contributed by atoms with Crippen LogP contribution in [-0.4, -0.2) is 90.0 Å². The van der Waals surface area contributed by atoms with E-state index in [9.17, 15) is 18.0 Å². The molecule has 2 aliphatic rings. The Morgan fingerprint density at radius 1 is 1.04 bits per heavy atom. The summed E-state index contributed by atoms with van der Waals surface area (Å²) in [5.74, 6) is -0.743. The lowest BCUT2D eigenvalue weighted by Gasteiger charge is -2.33. The highest BCUT2D eigenvalue weighted by atomic mass is 19.4. The lowest BCUT2D eigenvalue weighted by molar-refractivity contribution is -0.165. The first-order valence-electron chi connectivity index (χ1n) is 15.1. The van der Waals surface area contributed by atoms with Crippen LogP contribution in [0.2, 0.25) is 0 Å². The number of ether oxygens (including phenoxy) is 2. The van der Waals surface area contributed by atoms with Crippen molar-refractivity contribution in [2.75, 3.05) is 58.3 Å². The summed E-state index contributed by atoms with van der Waals surface area (Å²) in [6.07, 6.45) is -3.50. The summed E-state index contributed by atoms with van der Waals surface area (Å²) in [6.45, 7) is 8.66. The van der Waals surface area contributed by atoms with Gasteiger partial charge in [0.05, 0.1) is 36.5 Å². The molecule has 0 bridgehead atoms. The van der Waals surface area contributed by atoms with Gasteiger partial charge in [0.1, 0.15) is 17.8 Å². The van der Waals surface area contributed by atoms with Crippen LogP contribution in [0.25, 0.3) is 22.3 Å². The normalized spacial score (nSPS) is 16.8. The molecule has 0 atom stereocenters. The van der Waals surface area contributed by atoms with Gasteiger partial charge in [-0.25, -0.2) is 9.37 Å². The number of hydrogen-bond acceptors (Lipinski definition) is 9.